The average Bonchev–Trinajstić information content (AvgIpc) is 3.33. The van der Waals surface area contributed by atoms with Crippen LogP contribution in [-0.4, -0.2) is 21.5 Å². The number of amides is 1. The maximum absolute atomic E-state index is 14.0. The van der Waals surface area contributed by atoms with Crippen molar-refractivity contribution in [1.29, 1.82) is 0 Å². The van der Waals surface area contributed by atoms with Gasteiger partial charge in [0.2, 0.25) is 0 Å². The number of halogens is 2. The summed E-state index contributed by atoms with van der Waals surface area (Å²) in [5, 5.41) is 4.35. The number of aryl methyl sites for hydroxylation is 2. The van der Waals surface area contributed by atoms with E-state index < -0.39 is 0 Å². The highest BCUT2D eigenvalue weighted by molar-refractivity contribution is 6.31. The number of nitrogens with zero attached hydrogens (tertiary/aromatic N) is 2. The van der Waals surface area contributed by atoms with Crippen molar-refractivity contribution in [2.24, 2.45) is 0 Å². The van der Waals surface area contributed by atoms with Crippen molar-refractivity contribution in [3.8, 4) is 28.1 Å². The van der Waals surface area contributed by atoms with Crippen LogP contribution < -0.4 is 10.1 Å². The normalized spacial score (nSPS) is 12.9. The molecule has 0 bridgehead atoms. The van der Waals surface area contributed by atoms with Crippen molar-refractivity contribution in [3.05, 3.63) is 100 Å². The minimum absolute atomic E-state index is 0.183. The molecule has 1 amide bonds. The molecule has 3 heterocycles. The standard InChI is InChI=1S/C31H27Cl2N3O2/c1-2-38-25-15-11-21(12-16-25)28-26-8-3-4-17-35-27(20-9-13-22(32)14-10-20)19-36(31(26)35)29(28)30(37)34-24-7-5-6-23(33)18-24/h5-7,9-16,18-19H,2-4,8,17H2,1H3,(H,34,37). The van der Waals surface area contributed by atoms with Gasteiger partial charge in [-0.25, -0.2) is 0 Å². The molecular formula is C31H27Cl2N3O2. The van der Waals surface area contributed by atoms with Gasteiger partial charge >= 0.3 is 0 Å². The minimum Gasteiger partial charge on any atom is -0.494 e. The highest BCUT2D eigenvalue weighted by atomic mass is 35.5. The summed E-state index contributed by atoms with van der Waals surface area (Å²) >= 11 is 12.4. The minimum atomic E-state index is -0.183. The van der Waals surface area contributed by atoms with Crippen LogP contribution in [0.25, 0.3) is 28.0 Å². The van der Waals surface area contributed by atoms with E-state index in [2.05, 4.69) is 20.5 Å². The Hall–Kier alpha value is -3.67. The smallest absolute Gasteiger partial charge is 0.273 e. The lowest BCUT2D eigenvalue weighted by Crippen LogP contribution is -2.15. The molecular weight excluding hydrogens is 517 g/mol. The molecule has 1 aliphatic rings. The molecule has 5 aromatic rings. The van der Waals surface area contributed by atoms with E-state index in [4.69, 9.17) is 27.9 Å². The lowest BCUT2D eigenvalue weighted by molar-refractivity contribution is 0.102. The molecule has 7 heteroatoms. The van der Waals surface area contributed by atoms with Gasteiger partial charge in [-0.3, -0.25) is 9.20 Å². The molecule has 1 aliphatic heterocycles. The Morgan fingerprint density at radius 3 is 2.45 bits per heavy atom. The van der Waals surface area contributed by atoms with Crippen LogP contribution in [0.5, 0.6) is 5.75 Å². The van der Waals surface area contributed by atoms with Gasteiger partial charge in [-0.1, -0.05) is 53.5 Å². The third-order valence-corrected chi connectivity index (χ3v) is 7.51. The second kappa shape index (κ2) is 10.2. The van der Waals surface area contributed by atoms with Crippen LogP contribution in [0.1, 0.15) is 35.8 Å². The maximum atomic E-state index is 14.0. The monoisotopic (exact) mass is 543 g/mol. The van der Waals surface area contributed by atoms with Crippen molar-refractivity contribution < 1.29 is 9.53 Å². The van der Waals surface area contributed by atoms with Gasteiger partial charge in [0.05, 0.1) is 12.3 Å². The van der Waals surface area contributed by atoms with Crippen molar-refractivity contribution in [2.45, 2.75) is 32.7 Å². The van der Waals surface area contributed by atoms with Crippen molar-refractivity contribution >= 4 is 40.4 Å². The van der Waals surface area contributed by atoms with Crippen LogP contribution in [0, 0.1) is 0 Å². The number of benzene rings is 3. The van der Waals surface area contributed by atoms with E-state index in [0.717, 1.165) is 59.6 Å². The Labute approximate surface area is 231 Å². The fourth-order valence-electron chi connectivity index (χ4n) is 5.41. The topological polar surface area (TPSA) is 47.7 Å². The van der Waals surface area contributed by atoms with Crippen LogP contribution in [0.3, 0.4) is 0 Å². The van der Waals surface area contributed by atoms with E-state index in [-0.39, 0.29) is 5.91 Å². The molecule has 1 N–H and O–H groups in total. The van der Waals surface area contributed by atoms with E-state index >= 15 is 0 Å². The van der Waals surface area contributed by atoms with Crippen LogP contribution >= 0.6 is 23.2 Å². The Balaban J connectivity index is 1.58. The fraction of sp³-hybridized carbons (Fsp3) is 0.194. The molecule has 38 heavy (non-hydrogen) atoms. The number of nitrogens with one attached hydrogen (secondary N) is 1. The number of imidazole rings is 1. The number of anilines is 1. The molecule has 0 radical (unpaired) electrons. The van der Waals surface area contributed by atoms with Gasteiger partial charge < -0.3 is 14.6 Å². The molecule has 0 fully saturated rings. The maximum Gasteiger partial charge on any atom is 0.273 e. The quantitative estimate of drug-likeness (QED) is 0.234. The number of carbonyl (C=O) groups is 1. The number of hydrogen-bond acceptors (Lipinski definition) is 2. The highest BCUT2D eigenvalue weighted by Crippen LogP contribution is 2.40. The first-order valence-corrected chi connectivity index (χ1v) is 13.6. The first-order valence-electron chi connectivity index (χ1n) is 12.9. The van der Waals surface area contributed by atoms with Crippen LogP contribution in [0.2, 0.25) is 10.0 Å². The van der Waals surface area contributed by atoms with Crippen molar-refractivity contribution in [2.75, 3.05) is 11.9 Å². The van der Waals surface area contributed by atoms with Gasteiger partial charge in [-0.15, -0.1) is 0 Å². The van der Waals surface area contributed by atoms with Gasteiger partial charge in [-0.2, -0.15) is 0 Å². The zero-order valence-corrected chi connectivity index (χ0v) is 22.5. The lowest BCUT2D eigenvalue weighted by atomic mass is 9.97. The Bertz CT molecular complexity index is 1630. The van der Waals surface area contributed by atoms with E-state index in [1.165, 1.54) is 5.56 Å². The van der Waals surface area contributed by atoms with Crippen LogP contribution in [0.4, 0.5) is 5.69 Å². The fourth-order valence-corrected chi connectivity index (χ4v) is 5.73. The second-order valence-corrected chi connectivity index (χ2v) is 10.3. The van der Waals surface area contributed by atoms with E-state index in [0.29, 0.717) is 28.0 Å². The molecule has 3 aromatic carbocycles. The first-order chi connectivity index (χ1) is 18.5. The number of carbonyl (C=O) groups excluding carboxylic acids is 1. The highest BCUT2D eigenvalue weighted by Gasteiger charge is 2.29. The molecule has 2 aromatic heterocycles. The Kier molecular flexibility index (Phi) is 6.64. The van der Waals surface area contributed by atoms with Gasteiger partial charge in [0, 0.05) is 39.6 Å². The van der Waals surface area contributed by atoms with E-state index in [9.17, 15) is 4.79 Å². The number of hydrogen-bond donors (Lipinski definition) is 1. The third-order valence-electron chi connectivity index (χ3n) is 7.03. The zero-order valence-electron chi connectivity index (χ0n) is 21.0. The summed E-state index contributed by atoms with van der Waals surface area (Å²) in [6.07, 6.45) is 5.08. The Morgan fingerprint density at radius 1 is 0.947 bits per heavy atom. The predicted molar refractivity (Wildman–Crippen MR) is 155 cm³/mol. The van der Waals surface area contributed by atoms with E-state index in [1.54, 1.807) is 12.1 Å². The van der Waals surface area contributed by atoms with Gasteiger partial charge in [0.15, 0.2) is 0 Å². The third kappa shape index (κ3) is 4.46. The number of rotatable bonds is 6. The number of aromatic nitrogens is 2. The molecule has 0 unspecified atom stereocenters. The summed E-state index contributed by atoms with van der Waals surface area (Å²) in [7, 11) is 0. The average molecular weight is 544 g/mol. The summed E-state index contributed by atoms with van der Waals surface area (Å²) in [6, 6.07) is 23.1. The lowest BCUT2D eigenvalue weighted by Gasteiger charge is -2.11. The SMILES string of the molecule is CCOc1ccc(-c2c3c4n(c(-c5ccc(Cl)cc5)cn4c2C(=O)Nc2cccc(Cl)c2)CCCC3)cc1. The molecule has 0 spiro atoms. The Morgan fingerprint density at radius 2 is 1.71 bits per heavy atom. The summed E-state index contributed by atoms with van der Waals surface area (Å²) in [5.74, 6) is 0.628. The molecule has 0 saturated carbocycles. The van der Waals surface area contributed by atoms with Crippen molar-refractivity contribution in [3.63, 3.8) is 0 Å². The largest absolute Gasteiger partial charge is 0.494 e. The first kappa shape index (κ1) is 24.7. The van der Waals surface area contributed by atoms with Crippen molar-refractivity contribution in [1.82, 2.24) is 8.97 Å². The van der Waals surface area contributed by atoms with E-state index in [1.807, 2.05) is 67.6 Å². The summed E-state index contributed by atoms with van der Waals surface area (Å²) < 4.78 is 10.1. The van der Waals surface area contributed by atoms with Gasteiger partial charge in [0.25, 0.3) is 5.91 Å². The van der Waals surface area contributed by atoms with Gasteiger partial charge in [0.1, 0.15) is 17.1 Å². The molecule has 192 valence electrons. The molecule has 0 saturated heterocycles. The summed E-state index contributed by atoms with van der Waals surface area (Å²) in [4.78, 5) is 14.0. The summed E-state index contributed by atoms with van der Waals surface area (Å²) in [6.45, 7) is 3.45. The number of ether oxygens (including phenoxy) is 1. The second-order valence-electron chi connectivity index (χ2n) is 9.45. The van der Waals surface area contributed by atoms with Crippen LogP contribution in [0.15, 0.2) is 79.0 Å². The van der Waals surface area contributed by atoms with Gasteiger partial charge in [-0.05, 0) is 79.8 Å². The summed E-state index contributed by atoms with van der Waals surface area (Å²) in [5.41, 5.74) is 7.59. The molecule has 6 rings (SSSR count). The molecule has 5 nitrogen and oxygen atoms in total. The van der Waals surface area contributed by atoms with Crippen LogP contribution in [-0.2, 0) is 13.0 Å². The zero-order chi connectivity index (χ0) is 26.2. The molecule has 0 aliphatic carbocycles. The predicted octanol–water partition coefficient (Wildman–Crippen LogP) is 8.37. The molecule has 0 atom stereocenters.